The molecule has 0 unspecified atom stereocenters. The smallest absolute Gasteiger partial charge is 0.321 e. The van der Waals surface area contributed by atoms with Crippen LogP contribution in [0.25, 0.3) is 0 Å². The third kappa shape index (κ3) is 3.05. The normalized spacial score (nSPS) is 38.9. The Morgan fingerprint density at radius 1 is 1.16 bits per heavy atom. The van der Waals surface area contributed by atoms with Gasteiger partial charge in [-0.05, 0) is 62.7 Å². The van der Waals surface area contributed by atoms with Crippen molar-refractivity contribution in [3.05, 3.63) is 5.01 Å². The van der Waals surface area contributed by atoms with Crippen molar-refractivity contribution in [2.24, 2.45) is 23.7 Å². The van der Waals surface area contributed by atoms with Crippen LogP contribution < -0.4 is 10.6 Å². The van der Waals surface area contributed by atoms with E-state index >= 15 is 0 Å². The van der Waals surface area contributed by atoms with Gasteiger partial charge in [0.05, 0.1) is 6.61 Å². The highest BCUT2D eigenvalue weighted by Crippen LogP contribution is 2.61. The molecule has 5 aliphatic rings. The van der Waals surface area contributed by atoms with Gasteiger partial charge in [0.15, 0.2) is 0 Å². The Hall–Kier alpha value is -1.21. The van der Waals surface area contributed by atoms with Crippen LogP contribution in [-0.4, -0.2) is 36.0 Å². The lowest BCUT2D eigenvalue weighted by molar-refractivity contribution is -0.00555. The van der Waals surface area contributed by atoms with Crippen molar-refractivity contribution in [1.29, 1.82) is 0 Å². The number of urea groups is 1. The molecule has 5 fully saturated rings. The van der Waals surface area contributed by atoms with Crippen LogP contribution in [0.2, 0.25) is 0 Å². The summed E-state index contributed by atoms with van der Waals surface area (Å²) in [6.45, 7) is 2.21. The van der Waals surface area contributed by atoms with Gasteiger partial charge in [-0.25, -0.2) is 4.79 Å². The van der Waals surface area contributed by atoms with E-state index in [2.05, 4.69) is 20.8 Å². The maximum Gasteiger partial charge on any atom is 0.321 e. The van der Waals surface area contributed by atoms with Crippen LogP contribution in [-0.2, 0) is 10.2 Å². The SMILES string of the molecule is O=C(NC[C@H]1CCOC1)Nc1nnc(C23CC4CC(CC(C4)C2)C3)s1. The fourth-order valence-corrected chi connectivity index (χ4v) is 6.94. The van der Waals surface area contributed by atoms with E-state index in [1.54, 1.807) is 11.3 Å². The summed E-state index contributed by atoms with van der Waals surface area (Å²) in [5, 5.41) is 16.4. The summed E-state index contributed by atoms with van der Waals surface area (Å²) >= 11 is 1.59. The van der Waals surface area contributed by atoms with Gasteiger partial charge in [0.25, 0.3) is 0 Å². The Balaban J connectivity index is 1.22. The van der Waals surface area contributed by atoms with Gasteiger partial charge in [0.1, 0.15) is 5.01 Å². The molecule has 1 saturated heterocycles. The number of rotatable bonds is 4. The first-order valence-corrected chi connectivity index (χ1v) is 10.5. The number of aromatic nitrogens is 2. The van der Waals surface area contributed by atoms with E-state index in [4.69, 9.17) is 4.74 Å². The topological polar surface area (TPSA) is 76.1 Å². The fourth-order valence-electron chi connectivity index (χ4n) is 5.98. The zero-order chi connectivity index (χ0) is 16.9. The predicted molar refractivity (Wildman–Crippen MR) is 95.7 cm³/mol. The second kappa shape index (κ2) is 6.20. The van der Waals surface area contributed by atoms with E-state index in [-0.39, 0.29) is 11.4 Å². The number of carbonyl (C=O) groups excluding carboxylic acids is 1. The van der Waals surface area contributed by atoms with Crippen molar-refractivity contribution < 1.29 is 9.53 Å². The van der Waals surface area contributed by atoms with Crippen molar-refractivity contribution in [1.82, 2.24) is 15.5 Å². The Morgan fingerprint density at radius 3 is 2.52 bits per heavy atom. The third-order valence-electron chi connectivity index (χ3n) is 6.71. The summed E-state index contributed by atoms with van der Waals surface area (Å²) < 4.78 is 5.34. The summed E-state index contributed by atoms with van der Waals surface area (Å²) in [7, 11) is 0. The molecule has 25 heavy (non-hydrogen) atoms. The van der Waals surface area contributed by atoms with Crippen LogP contribution in [0.1, 0.15) is 50.0 Å². The van der Waals surface area contributed by atoms with Crippen LogP contribution in [0.15, 0.2) is 0 Å². The number of amides is 2. The summed E-state index contributed by atoms with van der Waals surface area (Å²) in [4.78, 5) is 12.1. The summed E-state index contributed by atoms with van der Waals surface area (Å²) in [5.74, 6) is 3.11. The molecule has 4 saturated carbocycles. The highest BCUT2D eigenvalue weighted by molar-refractivity contribution is 7.15. The molecule has 2 heterocycles. The van der Waals surface area contributed by atoms with Crippen LogP contribution in [0.5, 0.6) is 0 Å². The zero-order valence-corrected chi connectivity index (χ0v) is 15.3. The van der Waals surface area contributed by atoms with Gasteiger partial charge in [0.2, 0.25) is 5.13 Å². The number of anilines is 1. The second-order valence-corrected chi connectivity index (χ2v) is 9.65. The highest BCUT2D eigenvalue weighted by atomic mass is 32.1. The van der Waals surface area contributed by atoms with Gasteiger partial charge in [0, 0.05) is 24.5 Å². The van der Waals surface area contributed by atoms with Crippen LogP contribution >= 0.6 is 11.3 Å². The second-order valence-electron chi connectivity index (χ2n) is 8.67. The number of ether oxygens (including phenoxy) is 1. The molecule has 2 N–H and O–H groups in total. The van der Waals surface area contributed by atoms with Crippen molar-refractivity contribution >= 4 is 22.5 Å². The van der Waals surface area contributed by atoms with Crippen molar-refractivity contribution in [3.63, 3.8) is 0 Å². The maximum absolute atomic E-state index is 12.1. The molecule has 6 nitrogen and oxygen atoms in total. The van der Waals surface area contributed by atoms with Gasteiger partial charge >= 0.3 is 6.03 Å². The molecule has 1 atom stereocenters. The van der Waals surface area contributed by atoms with Gasteiger partial charge in [-0.15, -0.1) is 10.2 Å². The molecule has 6 rings (SSSR count). The molecular formula is C18H26N4O2S. The third-order valence-corrected chi connectivity index (χ3v) is 7.80. The van der Waals surface area contributed by atoms with Crippen LogP contribution in [0.4, 0.5) is 9.93 Å². The Morgan fingerprint density at radius 2 is 1.88 bits per heavy atom. The number of hydrogen-bond donors (Lipinski definition) is 2. The van der Waals surface area contributed by atoms with E-state index < -0.39 is 0 Å². The standard InChI is InChI=1S/C18H26N4O2S/c23-16(19-9-11-1-2-24-10-11)20-17-22-21-15(25-17)18-6-12-3-13(7-18)5-14(4-12)8-18/h11-14H,1-10H2,(H2,19,20,22,23)/t11-,12?,13?,14?,18?/m1/s1. The molecule has 0 aromatic carbocycles. The average Bonchev–Trinajstić information content (AvgIpc) is 3.23. The highest BCUT2D eigenvalue weighted by Gasteiger charge is 2.53. The molecule has 4 aliphatic carbocycles. The molecule has 2 amide bonds. The predicted octanol–water partition coefficient (Wildman–Crippen LogP) is 3.16. The summed E-state index contributed by atoms with van der Waals surface area (Å²) in [6, 6.07) is -0.180. The lowest BCUT2D eigenvalue weighted by atomic mass is 9.50. The van der Waals surface area contributed by atoms with Gasteiger partial charge in [-0.2, -0.15) is 0 Å². The number of hydrogen-bond acceptors (Lipinski definition) is 5. The first kappa shape index (κ1) is 16.0. The molecule has 1 aromatic heterocycles. The molecule has 4 bridgehead atoms. The van der Waals surface area contributed by atoms with Crippen molar-refractivity contribution in [2.45, 2.75) is 50.4 Å². The molecule has 1 aromatic rings. The molecule has 0 spiro atoms. The minimum Gasteiger partial charge on any atom is -0.381 e. The van der Waals surface area contributed by atoms with E-state index in [0.717, 1.165) is 42.4 Å². The number of nitrogens with zero attached hydrogens (tertiary/aromatic N) is 2. The number of nitrogens with one attached hydrogen (secondary N) is 2. The van der Waals surface area contributed by atoms with Gasteiger partial charge in [-0.1, -0.05) is 11.3 Å². The van der Waals surface area contributed by atoms with E-state index in [0.29, 0.717) is 17.6 Å². The molecule has 1 aliphatic heterocycles. The van der Waals surface area contributed by atoms with Gasteiger partial charge in [-0.3, -0.25) is 5.32 Å². The van der Waals surface area contributed by atoms with Gasteiger partial charge < -0.3 is 10.1 Å². The Bertz CT molecular complexity index is 620. The van der Waals surface area contributed by atoms with Crippen molar-refractivity contribution in [2.75, 3.05) is 25.1 Å². The monoisotopic (exact) mass is 362 g/mol. The van der Waals surface area contributed by atoms with Crippen LogP contribution in [0.3, 0.4) is 0 Å². The van der Waals surface area contributed by atoms with E-state index in [9.17, 15) is 4.79 Å². The van der Waals surface area contributed by atoms with Crippen molar-refractivity contribution in [3.8, 4) is 0 Å². The molecule has 136 valence electrons. The minimum atomic E-state index is -0.180. The summed E-state index contributed by atoms with van der Waals surface area (Å²) in [5.41, 5.74) is 0.254. The molecule has 0 radical (unpaired) electrons. The minimum absolute atomic E-state index is 0.180. The first-order valence-electron chi connectivity index (χ1n) is 9.65. The average molecular weight is 362 g/mol. The fraction of sp³-hybridized carbons (Fsp3) is 0.833. The van der Waals surface area contributed by atoms with E-state index in [1.807, 2.05) is 0 Å². The Kier molecular flexibility index (Phi) is 3.97. The quantitative estimate of drug-likeness (QED) is 0.863. The molecule has 7 heteroatoms. The zero-order valence-electron chi connectivity index (χ0n) is 14.5. The van der Waals surface area contributed by atoms with E-state index in [1.165, 1.54) is 38.5 Å². The first-order chi connectivity index (χ1) is 12.2. The molecular weight excluding hydrogens is 336 g/mol. The lowest BCUT2D eigenvalue weighted by Gasteiger charge is -2.55. The van der Waals surface area contributed by atoms with Crippen LogP contribution in [0, 0.1) is 23.7 Å². The lowest BCUT2D eigenvalue weighted by Crippen LogP contribution is -2.48. The number of carbonyl (C=O) groups is 1. The summed E-state index contributed by atoms with van der Waals surface area (Å²) in [6.07, 6.45) is 9.14. The maximum atomic E-state index is 12.1. The Labute approximate surface area is 152 Å². The largest absolute Gasteiger partial charge is 0.381 e.